The van der Waals surface area contributed by atoms with Gasteiger partial charge in [0.15, 0.2) is 0 Å². The predicted octanol–water partition coefficient (Wildman–Crippen LogP) is 1.61. The molecule has 0 aromatic carbocycles. The summed E-state index contributed by atoms with van der Waals surface area (Å²) in [5, 5.41) is 11.1. The minimum Gasteiger partial charge on any atom is -0.550 e. The van der Waals surface area contributed by atoms with Crippen molar-refractivity contribution in [2.75, 3.05) is 0 Å². The third kappa shape index (κ3) is 1.51. The third-order valence-electron chi connectivity index (χ3n) is 3.65. The van der Waals surface area contributed by atoms with Gasteiger partial charge in [-0.25, -0.2) is 0 Å². The van der Waals surface area contributed by atoms with Gasteiger partial charge >= 0.3 is 0 Å². The van der Waals surface area contributed by atoms with E-state index in [2.05, 4.69) is 15.9 Å². The Morgan fingerprint density at radius 3 is 2.08 bits per heavy atom. The van der Waals surface area contributed by atoms with Gasteiger partial charge in [0.25, 0.3) is 0 Å². The lowest BCUT2D eigenvalue weighted by Gasteiger charge is -2.50. The fourth-order valence-electron chi connectivity index (χ4n) is 2.97. The van der Waals surface area contributed by atoms with Crippen molar-refractivity contribution in [2.24, 2.45) is 5.41 Å². The second-order valence-corrected chi connectivity index (χ2v) is 6.28. The van der Waals surface area contributed by atoms with Crippen molar-refractivity contribution >= 4 is 21.9 Å². The van der Waals surface area contributed by atoms with E-state index < -0.39 is 11.4 Å². The second-order valence-electron chi connectivity index (χ2n) is 4.60. The molecular weight excluding hydrogens is 232 g/mol. The molecule has 2 aliphatic carbocycles. The summed E-state index contributed by atoms with van der Waals surface area (Å²) in [7, 11) is 0. The van der Waals surface area contributed by atoms with E-state index in [0.717, 1.165) is 44.9 Å². The molecule has 2 saturated carbocycles. The molecule has 74 valence electrons. The van der Waals surface area contributed by atoms with Crippen LogP contribution < -0.4 is 5.11 Å². The van der Waals surface area contributed by atoms with E-state index in [1.54, 1.807) is 0 Å². The average Bonchev–Trinajstić information content (AvgIpc) is 2.02. The van der Waals surface area contributed by atoms with Gasteiger partial charge in [0.05, 0.1) is 0 Å². The smallest absolute Gasteiger partial charge is 0.0476 e. The first-order valence-corrected chi connectivity index (χ1v) is 5.76. The summed E-state index contributed by atoms with van der Waals surface area (Å²) in [5.74, 6) is -0.823. The van der Waals surface area contributed by atoms with Crippen molar-refractivity contribution in [3.63, 3.8) is 0 Å². The lowest BCUT2D eigenvalue weighted by molar-refractivity contribution is -0.322. The van der Waals surface area contributed by atoms with E-state index >= 15 is 0 Å². The molecule has 2 fully saturated rings. The van der Waals surface area contributed by atoms with Crippen LogP contribution in [0.15, 0.2) is 0 Å². The first-order valence-electron chi connectivity index (χ1n) is 4.97. The zero-order valence-electron chi connectivity index (χ0n) is 7.64. The molecule has 0 unspecified atom stereocenters. The highest BCUT2D eigenvalue weighted by atomic mass is 79.9. The number of carboxylic acid groups (broad SMARTS) is 1. The fraction of sp³-hybridized carbons (Fsp3) is 0.900. The number of carbonyl (C=O) groups is 1. The second kappa shape index (κ2) is 2.97. The van der Waals surface area contributed by atoms with Crippen LogP contribution in [-0.4, -0.2) is 10.3 Å². The largest absolute Gasteiger partial charge is 0.550 e. The summed E-state index contributed by atoms with van der Waals surface area (Å²) in [6, 6.07) is 0. The van der Waals surface area contributed by atoms with Crippen molar-refractivity contribution in [2.45, 2.75) is 49.3 Å². The normalized spacial score (nSPS) is 44.4. The quantitative estimate of drug-likeness (QED) is 0.659. The molecule has 0 heterocycles. The average molecular weight is 246 g/mol. The molecule has 2 aliphatic rings. The molecule has 0 aliphatic heterocycles. The predicted molar refractivity (Wildman–Crippen MR) is 51.4 cm³/mol. The Morgan fingerprint density at radius 1 is 1.15 bits per heavy atom. The maximum atomic E-state index is 11.1. The molecule has 0 atom stereocenters. The lowest BCUT2D eigenvalue weighted by atomic mass is 9.62. The van der Waals surface area contributed by atoms with Gasteiger partial charge in [0.1, 0.15) is 0 Å². The van der Waals surface area contributed by atoms with E-state index in [0.29, 0.717) is 0 Å². The highest BCUT2D eigenvalue weighted by Crippen LogP contribution is 2.54. The summed E-state index contributed by atoms with van der Waals surface area (Å²) in [4.78, 5) is 11.1. The summed E-state index contributed by atoms with van der Waals surface area (Å²) >= 11 is 3.70. The van der Waals surface area contributed by atoms with Gasteiger partial charge in [0, 0.05) is 15.7 Å². The van der Waals surface area contributed by atoms with E-state index in [4.69, 9.17) is 0 Å². The van der Waals surface area contributed by atoms with E-state index in [1.807, 2.05) is 0 Å². The van der Waals surface area contributed by atoms with Crippen LogP contribution in [0, 0.1) is 5.41 Å². The summed E-state index contributed by atoms with van der Waals surface area (Å²) in [6.07, 6.45) is 6.73. The zero-order chi connectivity index (χ0) is 9.53. The molecule has 0 N–H and O–H groups in total. The minimum atomic E-state index is -0.823. The molecule has 2 nitrogen and oxygen atoms in total. The number of aliphatic carboxylic acids is 1. The number of fused-ring (bicyclic) bond motifs is 2. The molecule has 0 saturated heterocycles. The number of rotatable bonds is 1. The Kier molecular flexibility index (Phi) is 2.17. The number of carbonyl (C=O) groups excluding carboxylic acids is 1. The van der Waals surface area contributed by atoms with Gasteiger partial charge in [-0.2, -0.15) is 0 Å². The number of halogens is 1. The Bertz CT molecular complexity index is 227. The van der Waals surface area contributed by atoms with Gasteiger partial charge in [-0.1, -0.05) is 28.8 Å². The van der Waals surface area contributed by atoms with Gasteiger partial charge in [-0.15, -0.1) is 0 Å². The molecule has 3 heteroatoms. The molecular formula is C10H14BrO2-. The Labute approximate surface area is 86.8 Å². The third-order valence-corrected chi connectivity index (χ3v) is 4.72. The Hall–Kier alpha value is -0.0500. The van der Waals surface area contributed by atoms with Crippen molar-refractivity contribution in [3.05, 3.63) is 0 Å². The van der Waals surface area contributed by atoms with Crippen LogP contribution in [0.3, 0.4) is 0 Å². The van der Waals surface area contributed by atoms with Crippen LogP contribution in [0.5, 0.6) is 0 Å². The van der Waals surface area contributed by atoms with Crippen LogP contribution in [0.1, 0.15) is 44.9 Å². The van der Waals surface area contributed by atoms with Crippen LogP contribution in [0.4, 0.5) is 0 Å². The molecule has 0 radical (unpaired) electrons. The SMILES string of the molecule is O=C([O-])C12CCCC(Br)(CCC1)C2. The monoisotopic (exact) mass is 245 g/mol. The van der Waals surface area contributed by atoms with Crippen LogP contribution in [-0.2, 0) is 4.79 Å². The number of carboxylic acids is 1. The van der Waals surface area contributed by atoms with E-state index in [-0.39, 0.29) is 4.32 Å². The summed E-state index contributed by atoms with van der Waals surface area (Å²) < 4.78 is 0.115. The van der Waals surface area contributed by atoms with Crippen LogP contribution in [0.2, 0.25) is 0 Å². The van der Waals surface area contributed by atoms with Gasteiger partial charge in [-0.05, 0) is 32.1 Å². The minimum absolute atomic E-state index is 0.115. The number of hydrogen-bond donors (Lipinski definition) is 0. The van der Waals surface area contributed by atoms with Gasteiger partial charge in [-0.3, -0.25) is 0 Å². The molecule has 0 spiro atoms. The van der Waals surface area contributed by atoms with E-state index in [9.17, 15) is 9.90 Å². The molecule has 2 rings (SSSR count). The highest BCUT2D eigenvalue weighted by molar-refractivity contribution is 9.10. The van der Waals surface area contributed by atoms with Crippen LogP contribution >= 0.6 is 15.9 Å². The maximum absolute atomic E-state index is 11.1. The molecule has 0 aromatic rings. The highest BCUT2D eigenvalue weighted by Gasteiger charge is 2.47. The van der Waals surface area contributed by atoms with Crippen molar-refractivity contribution in [1.29, 1.82) is 0 Å². The molecule has 0 amide bonds. The zero-order valence-corrected chi connectivity index (χ0v) is 9.23. The molecule has 13 heavy (non-hydrogen) atoms. The molecule has 2 bridgehead atoms. The van der Waals surface area contributed by atoms with Crippen molar-refractivity contribution < 1.29 is 9.90 Å². The maximum Gasteiger partial charge on any atom is 0.0476 e. The number of hydrogen-bond acceptors (Lipinski definition) is 2. The van der Waals surface area contributed by atoms with E-state index in [1.165, 1.54) is 0 Å². The van der Waals surface area contributed by atoms with Gasteiger partial charge < -0.3 is 9.90 Å². The van der Waals surface area contributed by atoms with Crippen molar-refractivity contribution in [1.82, 2.24) is 0 Å². The molecule has 0 aromatic heterocycles. The first-order chi connectivity index (χ1) is 6.06. The van der Waals surface area contributed by atoms with Crippen LogP contribution in [0.25, 0.3) is 0 Å². The first kappa shape index (κ1) is 9.50. The van der Waals surface area contributed by atoms with Gasteiger partial charge in [0.2, 0.25) is 0 Å². The number of alkyl halides is 1. The summed E-state index contributed by atoms with van der Waals surface area (Å²) in [6.45, 7) is 0. The Balaban J connectivity index is 2.24. The summed E-state index contributed by atoms with van der Waals surface area (Å²) in [5.41, 5.74) is -0.500. The lowest BCUT2D eigenvalue weighted by Crippen LogP contribution is -2.51. The standard InChI is InChI=1S/C10H15BrO2/c11-10-5-1-3-9(7-10,8(12)13)4-2-6-10/h1-7H2,(H,12,13)/p-1. The topological polar surface area (TPSA) is 40.1 Å². The fourth-order valence-corrected chi connectivity index (χ4v) is 4.07. The van der Waals surface area contributed by atoms with Crippen molar-refractivity contribution in [3.8, 4) is 0 Å². The Morgan fingerprint density at radius 2 is 1.69 bits per heavy atom.